The zero-order valence-electron chi connectivity index (χ0n) is 9.35. The van der Waals surface area contributed by atoms with E-state index in [0.29, 0.717) is 0 Å². The van der Waals surface area contributed by atoms with Crippen LogP contribution in [0.4, 0.5) is 0 Å². The number of rotatable bonds is 9. The second-order valence-corrected chi connectivity index (χ2v) is 3.30. The Kier molecular flexibility index (Phi) is 7.65. The van der Waals surface area contributed by atoms with Gasteiger partial charge in [0.1, 0.15) is 12.6 Å². The van der Waals surface area contributed by atoms with E-state index >= 15 is 0 Å². The fourth-order valence-corrected chi connectivity index (χ4v) is 1.03. The molecule has 0 unspecified atom stereocenters. The molecule has 1 atom stereocenters. The number of hydrogen-bond donors (Lipinski definition) is 4. The molecule has 0 heterocycles. The van der Waals surface area contributed by atoms with Crippen molar-refractivity contribution in [3.63, 3.8) is 0 Å². The first-order valence-corrected chi connectivity index (χ1v) is 5.05. The van der Waals surface area contributed by atoms with Gasteiger partial charge in [0, 0.05) is 13.0 Å². The van der Waals surface area contributed by atoms with Crippen LogP contribution in [-0.4, -0.2) is 48.7 Å². The van der Waals surface area contributed by atoms with Gasteiger partial charge < -0.3 is 26.6 Å². The number of aliphatic carboxylic acids is 1. The Morgan fingerprint density at radius 3 is 2.47 bits per heavy atom. The van der Waals surface area contributed by atoms with Crippen LogP contribution >= 0.6 is 0 Å². The number of amides is 2. The lowest BCUT2D eigenvalue weighted by atomic mass is 10.1. The lowest BCUT2D eigenvalue weighted by Crippen LogP contribution is -2.43. The molecule has 0 rings (SSSR count). The molecule has 17 heavy (non-hydrogen) atoms. The summed E-state index contributed by atoms with van der Waals surface area (Å²) in [6.07, 6.45) is -0.159. The Balaban J connectivity index is 4.02. The number of carboxylic acid groups (broad SMARTS) is 1. The number of primary amides is 1. The van der Waals surface area contributed by atoms with Crippen LogP contribution in [0.25, 0.3) is 0 Å². The summed E-state index contributed by atoms with van der Waals surface area (Å²) in [5.41, 5.74) is 10.0. The van der Waals surface area contributed by atoms with E-state index in [1.54, 1.807) is 0 Å². The third-order valence-corrected chi connectivity index (χ3v) is 1.81. The molecule has 0 spiro atoms. The summed E-state index contributed by atoms with van der Waals surface area (Å²) in [4.78, 5) is 32.5. The molecule has 0 radical (unpaired) electrons. The predicted molar refractivity (Wildman–Crippen MR) is 57.9 cm³/mol. The van der Waals surface area contributed by atoms with Crippen molar-refractivity contribution < 1.29 is 24.2 Å². The lowest BCUT2D eigenvalue weighted by Gasteiger charge is -2.13. The molecular weight excluding hydrogens is 230 g/mol. The Morgan fingerprint density at radius 2 is 2.00 bits per heavy atom. The predicted octanol–water partition coefficient (Wildman–Crippen LogP) is -2.20. The van der Waals surface area contributed by atoms with Gasteiger partial charge >= 0.3 is 5.97 Å². The van der Waals surface area contributed by atoms with E-state index < -0.39 is 23.8 Å². The molecule has 2 amide bonds. The number of nitrogens with two attached hydrogens (primary N) is 2. The molecule has 8 heteroatoms. The van der Waals surface area contributed by atoms with Gasteiger partial charge in [-0.3, -0.25) is 9.59 Å². The number of nitrogens with one attached hydrogen (secondary N) is 1. The fourth-order valence-electron chi connectivity index (χ4n) is 1.03. The zero-order valence-corrected chi connectivity index (χ0v) is 9.35. The highest BCUT2D eigenvalue weighted by Crippen LogP contribution is 1.97. The third kappa shape index (κ3) is 8.17. The number of carbonyl (C=O) groups excluding carboxylic acids is 2. The summed E-state index contributed by atoms with van der Waals surface area (Å²) in [7, 11) is 0. The van der Waals surface area contributed by atoms with Gasteiger partial charge in [0.2, 0.25) is 11.8 Å². The van der Waals surface area contributed by atoms with Gasteiger partial charge in [-0.2, -0.15) is 0 Å². The van der Waals surface area contributed by atoms with Crippen LogP contribution in [0, 0.1) is 0 Å². The first-order valence-electron chi connectivity index (χ1n) is 5.05. The van der Waals surface area contributed by atoms with Gasteiger partial charge in [0.25, 0.3) is 0 Å². The maximum absolute atomic E-state index is 11.2. The van der Waals surface area contributed by atoms with E-state index in [4.69, 9.17) is 21.3 Å². The highest BCUT2D eigenvalue weighted by Gasteiger charge is 2.20. The van der Waals surface area contributed by atoms with Crippen molar-refractivity contribution in [2.24, 2.45) is 11.5 Å². The van der Waals surface area contributed by atoms with Crippen LogP contribution in [-0.2, 0) is 19.1 Å². The molecule has 0 bridgehead atoms. The summed E-state index contributed by atoms with van der Waals surface area (Å²) in [5, 5.41) is 11.0. The van der Waals surface area contributed by atoms with Gasteiger partial charge in [0.05, 0.1) is 6.61 Å². The Morgan fingerprint density at radius 1 is 1.35 bits per heavy atom. The topological polar surface area (TPSA) is 145 Å². The average Bonchev–Trinajstić information content (AvgIpc) is 2.23. The quantitative estimate of drug-likeness (QED) is 0.340. The van der Waals surface area contributed by atoms with E-state index in [9.17, 15) is 14.4 Å². The summed E-state index contributed by atoms with van der Waals surface area (Å²) in [5.74, 6) is -2.42. The molecule has 0 aromatic carbocycles. The monoisotopic (exact) mass is 247 g/mol. The smallest absolute Gasteiger partial charge is 0.326 e. The summed E-state index contributed by atoms with van der Waals surface area (Å²) < 4.78 is 4.83. The summed E-state index contributed by atoms with van der Waals surface area (Å²) in [6.45, 7) is 0.224. The number of carboxylic acids is 1. The van der Waals surface area contributed by atoms with Crippen LogP contribution in [0.5, 0.6) is 0 Å². The van der Waals surface area contributed by atoms with Crippen molar-refractivity contribution in [2.45, 2.75) is 18.9 Å². The van der Waals surface area contributed by atoms with Crippen molar-refractivity contribution in [3.05, 3.63) is 0 Å². The summed E-state index contributed by atoms with van der Waals surface area (Å²) in [6, 6.07) is -1.14. The maximum atomic E-state index is 11.2. The van der Waals surface area contributed by atoms with Crippen molar-refractivity contribution in [1.82, 2.24) is 5.32 Å². The van der Waals surface area contributed by atoms with Crippen molar-refractivity contribution in [3.8, 4) is 0 Å². The highest BCUT2D eigenvalue weighted by atomic mass is 16.5. The van der Waals surface area contributed by atoms with Crippen LogP contribution in [0.2, 0.25) is 0 Å². The Labute approximate surface area is 98.3 Å². The fraction of sp³-hybridized carbons (Fsp3) is 0.667. The Bertz CT molecular complexity index is 282. The molecule has 0 aliphatic rings. The Hall–Kier alpha value is -1.67. The molecule has 0 fully saturated rings. The van der Waals surface area contributed by atoms with E-state index in [1.807, 2.05) is 0 Å². The van der Waals surface area contributed by atoms with Gasteiger partial charge in [-0.1, -0.05) is 0 Å². The molecule has 8 nitrogen and oxygen atoms in total. The minimum absolute atomic E-state index is 0.0483. The van der Waals surface area contributed by atoms with Crippen LogP contribution in [0.3, 0.4) is 0 Å². The van der Waals surface area contributed by atoms with E-state index in [0.717, 1.165) is 0 Å². The zero-order chi connectivity index (χ0) is 13.3. The minimum Gasteiger partial charge on any atom is -0.480 e. The van der Waals surface area contributed by atoms with Crippen LogP contribution in [0.15, 0.2) is 0 Å². The molecular formula is C9H17N3O5. The minimum atomic E-state index is -1.22. The molecule has 6 N–H and O–H groups in total. The van der Waals surface area contributed by atoms with Gasteiger partial charge in [-0.05, 0) is 6.42 Å². The van der Waals surface area contributed by atoms with E-state index in [-0.39, 0.29) is 32.6 Å². The third-order valence-electron chi connectivity index (χ3n) is 1.81. The normalized spacial score (nSPS) is 11.8. The second kappa shape index (κ2) is 8.48. The highest BCUT2D eigenvalue weighted by molar-refractivity contribution is 5.84. The van der Waals surface area contributed by atoms with Crippen molar-refractivity contribution in [1.29, 1.82) is 0 Å². The van der Waals surface area contributed by atoms with Gasteiger partial charge in [-0.15, -0.1) is 0 Å². The number of carbonyl (C=O) groups is 3. The van der Waals surface area contributed by atoms with E-state index in [1.165, 1.54) is 0 Å². The molecule has 0 aliphatic heterocycles. The first-order chi connectivity index (χ1) is 7.97. The summed E-state index contributed by atoms with van der Waals surface area (Å²) >= 11 is 0. The molecule has 0 saturated carbocycles. The first kappa shape index (κ1) is 15.3. The standard InChI is InChI=1S/C9H17N3O5/c10-3-4-17-5-8(14)12-6(9(15)16)1-2-7(11)13/h6H,1-5,10H2,(H2,11,13)(H,12,14)(H,15,16)/t6-/m1/s1. The largest absolute Gasteiger partial charge is 0.480 e. The SMILES string of the molecule is NCCOCC(=O)N[C@H](CCC(N)=O)C(=O)O. The number of hydrogen-bond acceptors (Lipinski definition) is 5. The molecule has 0 aromatic heterocycles. The van der Waals surface area contributed by atoms with Gasteiger partial charge in [0.15, 0.2) is 0 Å². The molecule has 0 aromatic rings. The average molecular weight is 247 g/mol. The van der Waals surface area contributed by atoms with Crippen LogP contribution in [0.1, 0.15) is 12.8 Å². The van der Waals surface area contributed by atoms with Crippen molar-refractivity contribution >= 4 is 17.8 Å². The maximum Gasteiger partial charge on any atom is 0.326 e. The molecule has 0 aliphatic carbocycles. The molecule has 0 saturated heterocycles. The van der Waals surface area contributed by atoms with Crippen LogP contribution < -0.4 is 16.8 Å². The second-order valence-electron chi connectivity index (χ2n) is 3.30. The molecule has 98 valence electrons. The van der Waals surface area contributed by atoms with Crippen molar-refractivity contribution in [2.75, 3.05) is 19.8 Å². The van der Waals surface area contributed by atoms with E-state index in [2.05, 4.69) is 5.32 Å². The van der Waals surface area contributed by atoms with Gasteiger partial charge in [-0.25, -0.2) is 4.79 Å². The lowest BCUT2D eigenvalue weighted by molar-refractivity contribution is -0.142. The number of ether oxygens (including phenoxy) is 1.